The first-order valence-corrected chi connectivity index (χ1v) is 9.56. The van der Waals surface area contributed by atoms with Crippen molar-refractivity contribution in [2.75, 3.05) is 7.05 Å². The number of halogens is 2. The average molecular weight is 388 g/mol. The van der Waals surface area contributed by atoms with Gasteiger partial charge >= 0.3 is 0 Å². The van der Waals surface area contributed by atoms with Crippen molar-refractivity contribution in [1.82, 2.24) is 19.9 Å². The van der Waals surface area contributed by atoms with Crippen LogP contribution in [0.2, 0.25) is 0 Å². The molecule has 0 amide bonds. The number of aromatic nitrogens is 3. The van der Waals surface area contributed by atoms with Crippen LogP contribution in [0, 0.1) is 11.6 Å². The molecule has 0 bridgehead atoms. The van der Waals surface area contributed by atoms with Crippen molar-refractivity contribution in [1.29, 1.82) is 0 Å². The van der Waals surface area contributed by atoms with E-state index in [1.807, 2.05) is 19.2 Å². The Bertz CT molecular complexity index is 890. The SMILES string of the molecule is CNCc1nc(C(C)C)c(Sc2cc(F)cc(F)c2)n1Cc1ccncc1. The van der Waals surface area contributed by atoms with Gasteiger partial charge in [-0.1, -0.05) is 25.6 Å². The third-order valence-electron chi connectivity index (χ3n) is 4.05. The zero-order valence-electron chi connectivity index (χ0n) is 15.5. The number of hydrogen-bond acceptors (Lipinski definition) is 4. The van der Waals surface area contributed by atoms with Crippen LogP contribution in [0.4, 0.5) is 8.78 Å². The van der Waals surface area contributed by atoms with Gasteiger partial charge in [0.1, 0.15) is 22.5 Å². The molecule has 142 valence electrons. The summed E-state index contributed by atoms with van der Waals surface area (Å²) in [5, 5.41) is 4.05. The highest BCUT2D eigenvalue weighted by Gasteiger charge is 2.21. The summed E-state index contributed by atoms with van der Waals surface area (Å²) >= 11 is 1.34. The molecular weight excluding hydrogens is 366 g/mol. The van der Waals surface area contributed by atoms with Gasteiger partial charge in [0, 0.05) is 29.9 Å². The van der Waals surface area contributed by atoms with Gasteiger partial charge in [0.05, 0.1) is 12.2 Å². The van der Waals surface area contributed by atoms with E-state index >= 15 is 0 Å². The van der Waals surface area contributed by atoms with Crippen molar-refractivity contribution < 1.29 is 8.78 Å². The van der Waals surface area contributed by atoms with Crippen molar-refractivity contribution in [3.8, 4) is 0 Å². The smallest absolute Gasteiger partial charge is 0.127 e. The zero-order chi connectivity index (χ0) is 19.4. The number of benzene rings is 1. The fraction of sp³-hybridized carbons (Fsp3) is 0.300. The molecule has 0 radical (unpaired) electrons. The van der Waals surface area contributed by atoms with Gasteiger partial charge in [0.25, 0.3) is 0 Å². The number of pyridine rings is 1. The minimum absolute atomic E-state index is 0.181. The number of hydrogen-bond donors (Lipinski definition) is 1. The third-order valence-corrected chi connectivity index (χ3v) is 5.14. The molecule has 0 aliphatic rings. The lowest BCUT2D eigenvalue weighted by Crippen LogP contribution is -2.13. The molecule has 0 unspecified atom stereocenters. The molecule has 0 saturated carbocycles. The normalized spacial score (nSPS) is 11.3. The summed E-state index contributed by atoms with van der Waals surface area (Å²) in [7, 11) is 1.87. The molecular formula is C20H22F2N4S. The molecule has 1 aromatic carbocycles. The van der Waals surface area contributed by atoms with Crippen LogP contribution >= 0.6 is 11.8 Å². The minimum Gasteiger partial charge on any atom is -0.317 e. The van der Waals surface area contributed by atoms with E-state index in [2.05, 4.69) is 28.7 Å². The third kappa shape index (κ3) is 4.73. The predicted molar refractivity (Wildman–Crippen MR) is 103 cm³/mol. The molecule has 0 atom stereocenters. The highest BCUT2D eigenvalue weighted by Crippen LogP contribution is 2.36. The summed E-state index contributed by atoms with van der Waals surface area (Å²) in [6, 6.07) is 7.48. The quantitative estimate of drug-likeness (QED) is 0.642. The Labute approximate surface area is 162 Å². The van der Waals surface area contributed by atoms with E-state index in [0.29, 0.717) is 18.0 Å². The summed E-state index contributed by atoms with van der Waals surface area (Å²) in [5.41, 5.74) is 2.01. The van der Waals surface area contributed by atoms with Gasteiger partial charge in [0.2, 0.25) is 0 Å². The van der Waals surface area contributed by atoms with Crippen LogP contribution in [0.1, 0.15) is 36.8 Å². The van der Waals surface area contributed by atoms with E-state index in [1.54, 1.807) is 12.4 Å². The molecule has 2 heterocycles. The molecule has 0 aliphatic heterocycles. The Balaban J connectivity index is 2.08. The van der Waals surface area contributed by atoms with E-state index in [0.717, 1.165) is 28.2 Å². The monoisotopic (exact) mass is 388 g/mol. The molecule has 3 rings (SSSR count). The van der Waals surface area contributed by atoms with E-state index in [4.69, 9.17) is 4.98 Å². The largest absolute Gasteiger partial charge is 0.317 e. The molecule has 2 aromatic heterocycles. The van der Waals surface area contributed by atoms with Crippen molar-refractivity contribution in [2.45, 2.75) is 42.8 Å². The maximum atomic E-state index is 13.7. The lowest BCUT2D eigenvalue weighted by molar-refractivity contribution is 0.577. The predicted octanol–water partition coefficient (Wildman–Crippen LogP) is 4.60. The molecule has 0 spiro atoms. The Kier molecular flexibility index (Phi) is 6.23. The van der Waals surface area contributed by atoms with Crippen LogP contribution in [0.15, 0.2) is 52.6 Å². The van der Waals surface area contributed by atoms with Crippen molar-refractivity contribution in [3.05, 3.63) is 71.4 Å². The lowest BCUT2D eigenvalue weighted by Gasteiger charge is -2.13. The summed E-state index contributed by atoms with van der Waals surface area (Å²) in [4.78, 5) is 9.39. The van der Waals surface area contributed by atoms with E-state index in [9.17, 15) is 8.78 Å². The average Bonchev–Trinajstić information content (AvgIpc) is 2.93. The fourth-order valence-electron chi connectivity index (χ4n) is 2.81. The van der Waals surface area contributed by atoms with E-state index in [1.165, 1.54) is 23.9 Å². The van der Waals surface area contributed by atoms with Crippen LogP contribution in [0.5, 0.6) is 0 Å². The first-order chi connectivity index (χ1) is 13.0. The second kappa shape index (κ2) is 8.63. The summed E-state index contributed by atoms with van der Waals surface area (Å²) in [6.07, 6.45) is 3.50. The molecule has 27 heavy (non-hydrogen) atoms. The Hall–Kier alpha value is -2.25. The first-order valence-electron chi connectivity index (χ1n) is 8.74. The van der Waals surface area contributed by atoms with Crippen LogP contribution in [-0.4, -0.2) is 21.6 Å². The Morgan fingerprint density at radius 1 is 1.11 bits per heavy atom. The van der Waals surface area contributed by atoms with Crippen LogP contribution in [0.25, 0.3) is 0 Å². The van der Waals surface area contributed by atoms with Crippen LogP contribution in [-0.2, 0) is 13.1 Å². The van der Waals surface area contributed by atoms with Gasteiger partial charge in [-0.2, -0.15) is 0 Å². The number of nitrogens with zero attached hydrogens (tertiary/aromatic N) is 3. The highest BCUT2D eigenvalue weighted by atomic mass is 32.2. The molecule has 0 aliphatic carbocycles. The first kappa shape index (κ1) is 19.5. The summed E-state index contributed by atoms with van der Waals surface area (Å²) < 4.78 is 29.4. The number of rotatable bonds is 7. The second-order valence-electron chi connectivity index (χ2n) is 6.55. The summed E-state index contributed by atoms with van der Waals surface area (Å²) in [5.74, 6) is -0.101. The molecule has 0 saturated heterocycles. The lowest BCUT2D eigenvalue weighted by atomic mass is 10.1. The van der Waals surface area contributed by atoms with Gasteiger partial charge in [0.15, 0.2) is 0 Å². The highest BCUT2D eigenvalue weighted by molar-refractivity contribution is 7.99. The van der Waals surface area contributed by atoms with Crippen molar-refractivity contribution in [3.63, 3.8) is 0 Å². The Morgan fingerprint density at radius 3 is 2.37 bits per heavy atom. The van der Waals surface area contributed by atoms with Gasteiger partial charge in [-0.05, 0) is 42.8 Å². The molecule has 3 aromatic rings. The fourth-order valence-corrected chi connectivity index (χ4v) is 4.04. The van der Waals surface area contributed by atoms with Gasteiger partial charge in [-0.25, -0.2) is 13.8 Å². The minimum atomic E-state index is -0.584. The van der Waals surface area contributed by atoms with Crippen molar-refractivity contribution in [2.24, 2.45) is 0 Å². The zero-order valence-corrected chi connectivity index (χ0v) is 16.4. The van der Waals surface area contributed by atoms with Gasteiger partial charge in [-0.3, -0.25) is 4.98 Å². The van der Waals surface area contributed by atoms with Gasteiger partial charge < -0.3 is 9.88 Å². The van der Waals surface area contributed by atoms with Crippen LogP contribution < -0.4 is 5.32 Å². The maximum absolute atomic E-state index is 13.7. The Morgan fingerprint density at radius 2 is 1.78 bits per heavy atom. The number of nitrogens with one attached hydrogen (secondary N) is 1. The summed E-state index contributed by atoms with van der Waals surface area (Å²) in [6.45, 7) is 5.35. The molecule has 1 N–H and O–H groups in total. The van der Waals surface area contributed by atoms with Crippen LogP contribution in [0.3, 0.4) is 0 Å². The van der Waals surface area contributed by atoms with Crippen molar-refractivity contribution >= 4 is 11.8 Å². The number of imidazole rings is 1. The maximum Gasteiger partial charge on any atom is 0.127 e. The van der Waals surface area contributed by atoms with E-state index in [-0.39, 0.29) is 5.92 Å². The molecule has 4 nitrogen and oxygen atoms in total. The standard InChI is InChI=1S/C20H22F2N4S/c1-13(2)19-20(27-17-9-15(21)8-16(22)10-17)26(18(25-19)11-23-3)12-14-4-6-24-7-5-14/h4-10,13,23H,11-12H2,1-3H3. The topological polar surface area (TPSA) is 42.7 Å². The molecule has 7 heteroatoms. The van der Waals surface area contributed by atoms with Gasteiger partial charge in [-0.15, -0.1) is 0 Å². The second-order valence-corrected chi connectivity index (χ2v) is 7.61. The molecule has 0 fully saturated rings. The van der Waals surface area contributed by atoms with E-state index < -0.39 is 11.6 Å².